The molecule has 106 valence electrons. The average Bonchev–Trinajstić information content (AvgIpc) is 3.09. The maximum atomic E-state index is 3.35. The molecule has 3 rings (SSSR count). The summed E-state index contributed by atoms with van der Waals surface area (Å²) in [6.07, 6.45) is 12.4. The van der Waals surface area contributed by atoms with Crippen LogP contribution in [0.1, 0.15) is 31.2 Å². The van der Waals surface area contributed by atoms with Crippen molar-refractivity contribution < 1.29 is 0 Å². The molecule has 2 aromatic rings. The molecule has 0 atom stereocenters. The predicted molar refractivity (Wildman–Crippen MR) is 85.7 cm³/mol. The number of aromatic nitrogens is 1. The van der Waals surface area contributed by atoms with Gasteiger partial charge in [0, 0.05) is 24.8 Å². The van der Waals surface area contributed by atoms with Crippen molar-refractivity contribution in [3.8, 4) is 0 Å². The molecule has 1 aliphatic carbocycles. The van der Waals surface area contributed by atoms with Crippen LogP contribution in [0, 0.1) is 5.92 Å². The second-order valence-corrected chi connectivity index (χ2v) is 6.03. The highest BCUT2D eigenvalue weighted by atomic mass is 15.1. The van der Waals surface area contributed by atoms with Gasteiger partial charge in [0.1, 0.15) is 0 Å². The Morgan fingerprint density at radius 3 is 2.95 bits per heavy atom. The normalized spacial score (nSPS) is 16.9. The average molecular weight is 268 g/mol. The first-order chi connectivity index (χ1) is 9.83. The molecule has 1 aromatic heterocycles. The molecule has 0 saturated heterocycles. The van der Waals surface area contributed by atoms with Gasteiger partial charge in [0.15, 0.2) is 0 Å². The molecule has 1 fully saturated rings. The van der Waals surface area contributed by atoms with Crippen LogP contribution in [0.4, 0.5) is 0 Å². The summed E-state index contributed by atoms with van der Waals surface area (Å²) in [7, 11) is 2.20. The summed E-state index contributed by atoms with van der Waals surface area (Å²) >= 11 is 0. The molecule has 0 amide bonds. The maximum Gasteiger partial charge on any atom is 0.0499 e. The van der Waals surface area contributed by atoms with Crippen LogP contribution in [-0.4, -0.2) is 23.5 Å². The van der Waals surface area contributed by atoms with Gasteiger partial charge in [-0.2, -0.15) is 0 Å². The third kappa shape index (κ3) is 3.13. The van der Waals surface area contributed by atoms with E-state index in [-0.39, 0.29) is 0 Å². The van der Waals surface area contributed by atoms with E-state index in [1.807, 2.05) is 6.20 Å². The van der Waals surface area contributed by atoms with Gasteiger partial charge >= 0.3 is 0 Å². The minimum Gasteiger partial charge on any atom is -0.361 e. The van der Waals surface area contributed by atoms with Gasteiger partial charge in [-0.1, -0.05) is 43.2 Å². The molecule has 1 heterocycles. The van der Waals surface area contributed by atoms with Gasteiger partial charge in [0.25, 0.3) is 0 Å². The minimum absolute atomic E-state index is 0.843. The van der Waals surface area contributed by atoms with Crippen molar-refractivity contribution in [3.63, 3.8) is 0 Å². The minimum atomic E-state index is 0.843. The fourth-order valence-electron chi connectivity index (χ4n) is 3.22. The molecular weight excluding hydrogens is 244 g/mol. The summed E-state index contributed by atoms with van der Waals surface area (Å²) in [5.74, 6) is 0.843. The highest BCUT2D eigenvalue weighted by Crippen LogP contribution is 2.25. The number of nitrogens with one attached hydrogen (secondary N) is 1. The molecule has 0 radical (unpaired) electrons. The van der Waals surface area contributed by atoms with Gasteiger partial charge in [-0.25, -0.2) is 0 Å². The van der Waals surface area contributed by atoms with Crippen LogP contribution in [0.3, 0.4) is 0 Å². The van der Waals surface area contributed by atoms with Gasteiger partial charge in [-0.15, -0.1) is 0 Å². The number of nitrogens with zero attached hydrogens (tertiary/aromatic N) is 1. The Balaban J connectivity index is 1.58. The number of H-pyrrole nitrogens is 1. The standard InChI is InChI=1S/C18H24N2/c1-20(13-5-8-15-6-2-3-7-15)14-17-10-4-9-16-11-12-19-18(16)17/h4-5,8-12,15,19H,2-3,6-7,13-14H2,1H3/b8-5+. The van der Waals surface area contributed by atoms with E-state index in [2.05, 4.69) is 53.3 Å². The Morgan fingerprint density at radius 1 is 1.25 bits per heavy atom. The van der Waals surface area contributed by atoms with Crippen molar-refractivity contribution >= 4 is 10.9 Å². The molecule has 1 saturated carbocycles. The van der Waals surface area contributed by atoms with Crippen LogP contribution in [0.25, 0.3) is 10.9 Å². The quantitative estimate of drug-likeness (QED) is 0.799. The molecule has 0 spiro atoms. The summed E-state index contributed by atoms with van der Waals surface area (Å²) in [6, 6.07) is 8.66. The van der Waals surface area contributed by atoms with Crippen LogP contribution in [0.15, 0.2) is 42.6 Å². The van der Waals surface area contributed by atoms with E-state index in [0.717, 1.165) is 19.0 Å². The molecule has 1 aromatic carbocycles. The zero-order valence-electron chi connectivity index (χ0n) is 12.3. The van der Waals surface area contributed by atoms with E-state index in [4.69, 9.17) is 0 Å². The van der Waals surface area contributed by atoms with E-state index in [1.165, 1.54) is 42.1 Å². The molecule has 20 heavy (non-hydrogen) atoms. The lowest BCUT2D eigenvalue weighted by molar-refractivity contribution is 0.364. The number of likely N-dealkylation sites (N-methyl/N-ethyl adjacent to an activating group) is 1. The predicted octanol–water partition coefficient (Wildman–Crippen LogP) is 4.35. The number of benzene rings is 1. The summed E-state index contributed by atoms with van der Waals surface area (Å²) in [4.78, 5) is 5.73. The lowest BCUT2D eigenvalue weighted by Gasteiger charge is -2.15. The molecule has 0 unspecified atom stereocenters. The zero-order chi connectivity index (χ0) is 13.8. The fraction of sp³-hybridized carbons (Fsp3) is 0.444. The Labute approximate surface area is 121 Å². The van der Waals surface area contributed by atoms with Crippen LogP contribution < -0.4 is 0 Å². The monoisotopic (exact) mass is 268 g/mol. The number of aromatic amines is 1. The molecule has 1 aliphatic rings. The highest BCUT2D eigenvalue weighted by molar-refractivity contribution is 5.82. The largest absolute Gasteiger partial charge is 0.361 e. The Kier molecular flexibility index (Phi) is 4.22. The molecular formula is C18H24N2. The second-order valence-electron chi connectivity index (χ2n) is 6.03. The van der Waals surface area contributed by atoms with E-state index in [0.29, 0.717) is 0 Å². The van der Waals surface area contributed by atoms with Crippen molar-refractivity contribution in [2.75, 3.05) is 13.6 Å². The zero-order valence-corrected chi connectivity index (χ0v) is 12.3. The first-order valence-corrected chi connectivity index (χ1v) is 7.73. The summed E-state index contributed by atoms with van der Waals surface area (Å²) in [5.41, 5.74) is 2.66. The Hall–Kier alpha value is -1.54. The Bertz CT molecular complexity index is 576. The number of hydrogen-bond acceptors (Lipinski definition) is 1. The van der Waals surface area contributed by atoms with E-state index in [9.17, 15) is 0 Å². The van der Waals surface area contributed by atoms with Crippen molar-refractivity contribution in [3.05, 3.63) is 48.2 Å². The van der Waals surface area contributed by atoms with Crippen molar-refractivity contribution in [1.82, 2.24) is 9.88 Å². The third-order valence-electron chi connectivity index (χ3n) is 4.34. The number of fused-ring (bicyclic) bond motifs is 1. The van der Waals surface area contributed by atoms with Crippen LogP contribution in [0.2, 0.25) is 0 Å². The second kappa shape index (κ2) is 6.27. The van der Waals surface area contributed by atoms with E-state index >= 15 is 0 Å². The molecule has 2 nitrogen and oxygen atoms in total. The van der Waals surface area contributed by atoms with Crippen LogP contribution in [-0.2, 0) is 6.54 Å². The first-order valence-electron chi connectivity index (χ1n) is 7.73. The molecule has 1 N–H and O–H groups in total. The van der Waals surface area contributed by atoms with Crippen LogP contribution >= 0.6 is 0 Å². The lowest BCUT2D eigenvalue weighted by atomic mass is 10.1. The van der Waals surface area contributed by atoms with E-state index in [1.54, 1.807) is 0 Å². The number of allylic oxidation sites excluding steroid dienone is 1. The fourth-order valence-corrected chi connectivity index (χ4v) is 3.22. The number of rotatable bonds is 5. The van der Waals surface area contributed by atoms with Crippen molar-refractivity contribution in [2.24, 2.45) is 5.92 Å². The van der Waals surface area contributed by atoms with Crippen molar-refractivity contribution in [1.29, 1.82) is 0 Å². The highest BCUT2D eigenvalue weighted by Gasteiger charge is 2.11. The van der Waals surface area contributed by atoms with Gasteiger partial charge in [0.05, 0.1) is 0 Å². The summed E-state index contributed by atoms with van der Waals surface area (Å²) in [5, 5.41) is 1.30. The summed E-state index contributed by atoms with van der Waals surface area (Å²) in [6.45, 7) is 2.03. The molecule has 0 bridgehead atoms. The number of para-hydroxylation sites is 1. The molecule has 2 heteroatoms. The number of hydrogen-bond donors (Lipinski definition) is 1. The topological polar surface area (TPSA) is 19.0 Å². The van der Waals surface area contributed by atoms with Gasteiger partial charge in [-0.3, -0.25) is 4.90 Å². The smallest absolute Gasteiger partial charge is 0.0499 e. The maximum absolute atomic E-state index is 3.35. The van der Waals surface area contributed by atoms with Crippen LogP contribution in [0.5, 0.6) is 0 Å². The third-order valence-corrected chi connectivity index (χ3v) is 4.34. The summed E-state index contributed by atoms with van der Waals surface area (Å²) < 4.78 is 0. The Morgan fingerprint density at radius 2 is 2.10 bits per heavy atom. The van der Waals surface area contributed by atoms with Gasteiger partial charge in [0.2, 0.25) is 0 Å². The lowest BCUT2D eigenvalue weighted by Crippen LogP contribution is -2.18. The SMILES string of the molecule is CN(C/C=C/C1CCCC1)Cc1cccc2cc[nH]c12. The first kappa shape index (κ1) is 13.4. The molecule has 0 aliphatic heterocycles. The van der Waals surface area contributed by atoms with E-state index < -0.39 is 0 Å². The van der Waals surface area contributed by atoms with Crippen molar-refractivity contribution in [2.45, 2.75) is 32.2 Å². The van der Waals surface area contributed by atoms with Gasteiger partial charge < -0.3 is 4.98 Å². The van der Waals surface area contributed by atoms with Gasteiger partial charge in [-0.05, 0) is 42.8 Å².